The normalized spacial score (nSPS) is 11.7. The number of anilines is 1. The van der Waals surface area contributed by atoms with Crippen LogP contribution in [0, 0.1) is 13.8 Å². The van der Waals surface area contributed by atoms with Crippen LogP contribution in [0.3, 0.4) is 0 Å². The summed E-state index contributed by atoms with van der Waals surface area (Å²) >= 11 is 0. The van der Waals surface area contributed by atoms with Gasteiger partial charge in [0.25, 0.3) is 0 Å². The number of carbonyl (C=O) groups is 1. The maximum Gasteiger partial charge on any atom is 0.235 e. The molecule has 0 aliphatic rings. The summed E-state index contributed by atoms with van der Waals surface area (Å²) in [5, 5.41) is 17.1. The molecule has 1 heterocycles. The van der Waals surface area contributed by atoms with Crippen LogP contribution in [0.15, 0.2) is 36.4 Å². The predicted octanol–water partition coefficient (Wildman–Crippen LogP) is 2.80. The van der Waals surface area contributed by atoms with Gasteiger partial charge in [-0.05, 0) is 49.1 Å². The summed E-state index contributed by atoms with van der Waals surface area (Å²) in [6.45, 7) is 3.98. The average Bonchev–Trinajstić information content (AvgIpc) is 3.24. The van der Waals surface area contributed by atoms with Gasteiger partial charge < -0.3 is 14.8 Å². The van der Waals surface area contributed by atoms with Crippen LogP contribution in [-0.2, 0) is 11.2 Å². The number of hydrogen-bond donors (Lipinski definition) is 2. The SMILES string of the molecule is COc1ccc(CC(C(=O)Nc2cccc(C)c2C)c2nn[nH]n2)c(OC)c1. The van der Waals surface area contributed by atoms with Gasteiger partial charge in [-0.15, -0.1) is 10.2 Å². The van der Waals surface area contributed by atoms with E-state index in [2.05, 4.69) is 25.9 Å². The van der Waals surface area contributed by atoms with Crippen LogP contribution in [0.1, 0.15) is 28.4 Å². The third-order valence-corrected chi connectivity index (χ3v) is 4.77. The molecule has 146 valence electrons. The van der Waals surface area contributed by atoms with Crippen LogP contribution in [0.4, 0.5) is 5.69 Å². The highest BCUT2D eigenvalue weighted by Gasteiger charge is 2.27. The number of nitrogens with one attached hydrogen (secondary N) is 2. The maximum atomic E-state index is 13.1. The number of hydrogen-bond acceptors (Lipinski definition) is 6. The second-order valence-electron chi connectivity index (χ2n) is 6.44. The van der Waals surface area contributed by atoms with E-state index in [0.29, 0.717) is 23.7 Å². The number of aromatic nitrogens is 4. The molecule has 28 heavy (non-hydrogen) atoms. The molecule has 8 heteroatoms. The van der Waals surface area contributed by atoms with Gasteiger partial charge in [0.1, 0.15) is 17.4 Å². The van der Waals surface area contributed by atoms with E-state index in [4.69, 9.17) is 9.47 Å². The molecule has 1 unspecified atom stereocenters. The number of nitrogens with zero attached hydrogens (tertiary/aromatic N) is 3. The van der Waals surface area contributed by atoms with Crippen LogP contribution < -0.4 is 14.8 Å². The number of aryl methyl sites for hydroxylation is 1. The molecule has 0 saturated carbocycles. The smallest absolute Gasteiger partial charge is 0.235 e. The lowest BCUT2D eigenvalue weighted by molar-refractivity contribution is -0.117. The van der Waals surface area contributed by atoms with Crippen molar-refractivity contribution in [1.82, 2.24) is 20.6 Å². The van der Waals surface area contributed by atoms with Crippen LogP contribution in [-0.4, -0.2) is 40.8 Å². The molecule has 1 aromatic heterocycles. The number of H-pyrrole nitrogens is 1. The van der Waals surface area contributed by atoms with Gasteiger partial charge >= 0.3 is 0 Å². The molecular weight excluding hydrogens is 358 g/mol. The van der Waals surface area contributed by atoms with Gasteiger partial charge in [0.15, 0.2) is 5.82 Å². The first-order valence-corrected chi connectivity index (χ1v) is 8.84. The lowest BCUT2D eigenvalue weighted by atomic mass is 9.96. The molecule has 3 rings (SSSR count). The Balaban J connectivity index is 1.90. The van der Waals surface area contributed by atoms with E-state index >= 15 is 0 Å². The quantitative estimate of drug-likeness (QED) is 0.652. The Bertz CT molecular complexity index is 956. The lowest BCUT2D eigenvalue weighted by Crippen LogP contribution is -2.25. The van der Waals surface area contributed by atoms with Crippen molar-refractivity contribution in [3.8, 4) is 11.5 Å². The third-order valence-electron chi connectivity index (χ3n) is 4.77. The molecule has 2 N–H and O–H groups in total. The number of amides is 1. The van der Waals surface area contributed by atoms with E-state index in [-0.39, 0.29) is 5.91 Å². The highest BCUT2D eigenvalue weighted by atomic mass is 16.5. The molecular formula is C20H23N5O3. The van der Waals surface area contributed by atoms with Gasteiger partial charge in [-0.3, -0.25) is 4.79 Å². The largest absolute Gasteiger partial charge is 0.497 e. The summed E-state index contributed by atoms with van der Waals surface area (Å²) in [4.78, 5) is 13.1. The summed E-state index contributed by atoms with van der Waals surface area (Å²) in [6.07, 6.45) is 0.351. The van der Waals surface area contributed by atoms with Gasteiger partial charge in [0.05, 0.1) is 14.2 Å². The number of ether oxygens (including phenoxy) is 2. The summed E-state index contributed by atoms with van der Waals surface area (Å²) in [5.74, 6) is 0.776. The predicted molar refractivity (Wildman–Crippen MR) is 105 cm³/mol. The van der Waals surface area contributed by atoms with Crippen molar-refractivity contribution in [3.05, 3.63) is 58.9 Å². The Morgan fingerprint density at radius 3 is 2.68 bits per heavy atom. The van der Waals surface area contributed by atoms with E-state index in [9.17, 15) is 4.79 Å². The van der Waals surface area contributed by atoms with Gasteiger partial charge in [-0.2, -0.15) is 5.21 Å². The van der Waals surface area contributed by atoms with Crippen molar-refractivity contribution < 1.29 is 14.3 Å². The Morgan fingerprint density at radius 2 is 2.00 bits per heavy atom. The maximum absolute atomic E-state index is 13.1. The molecule has 0 saturated heterocycles. The van der Waals surface area contributed by atoms with E-state index in [0.717, 1.165) is 22.4 Å². The first-order chi connectivity index (χ1) is 13.5. The van der Waals surface area contributed by atoms with Crippen molar-refractivity contribution in [2.75, 3.05) is 19.5 Å². The van der Waals surface area contributed by atoms with Crippen molar-refractivity contribution in [2.24, 2.45) is 0 Å². The van der Waals surface area contributed by atoms with E-state index in [1.807, 2.05) is 44.2 Å². The number of methoxy groups -OCH3 is 2. The average molecular weight is 381 g/mol. The van der Waals surface area contributed by atoms with Gasteiger partial charge in [0, 0.05) is 11.8 Å². The standard InChI is InChI=1S/C20H23N5O3/c1-12-6-5-7-17(13(12)2)21-20(26)16(19-22-24-25-23-19)10-14-8-9-15(27-3)11-18(14)28-4/h5-9,11,16H,10H2,1-4H3,(H,21,26)(H,22,23,24,25). The monoisotopic (exact) mass is 381 g/mol. The lowest BCUT2D eigenvalue weighted by Gasteiger charge is -2.17. The molecule has 0 aliphatic heterocycles. The highest BCUT2D eigenvalue weighted by molar-refractivity contribution is 5.96. The van der Waals surface area contributed by atoms with Crippen molar-refractivity contribution in [3.63, 3.8) is 0 Å². The van der Waals surface area contributed by atoms with Crippen LogP contribution >= 0.6 is 0 Å². The fourth-order valence-corrected chi connectivity index (χ4v) is 2.97. The number of tetrazole rings is 1. The van der Waals surface area contributed by atoms with Gasteiger partial charge in [-0.1, -0.05) is 23.4 Å². The molecule has 3 aromatic rings. The summed E-state index contributed by atoms with van der Waals surface area (Å²) in [7, 11) is 3.17. The Labute approximate surface area is 163 Å². The Morgan fingerprint density at radius 1 is 1.18 bits per heavy atom. The van der Waals surface area contributed by atoms with Crippen molar-refractivity contribution >= 4 is 11.6 Å². The van der Waals surface area contributed by atoms with Gasteiger partial charge in [-0.25, -0.2) is 0 Å². The zero-order valence-electron chi connectivity index (χ0n) is 16.3. The number of benzene rings is 2. The van der Waals surface area contributed by atoms with E-state index in [1.165, 1.54) is 0 Å². The van der Waals surface area contributed by atoms with Crippen LogP contribution in [0.5, 0.6) is 11.5 Å². The topological polar surface area (TPSA) is 102 Å². The third kappa shape index (κ3) is 4.11. The molecule has 0 fully saturated rings. The molecule has 0 bridgehead atoms. The molecule has 1 amide bonds. The summed E-state index contributed by atoms with van der Waals surface area (Å²) in [5.41, 5.74) is 3.73. The molecule has 8 nitrogen and oxygen atoms in total. The van der Waals surface area contributed by atoms with Crippen molar-refractivity contribution in [1.29, 1.82) is 0 Å². The first kappa shape index (κ1) is 19.3. The van der Waals surface area contributed by atoms with E-state index < -0.39 is 5.92 Å². The van der Waals surface area contributed by atoms with Crippen LogP contribution in [0.2, 0.25) is 0 Å². The zero-order chi connectivity index (χ0) is 20.1. The minimum absolute atomic E-state index is 0.215. The fraction of sp³-hybridized carbons (Fsp3) is 0.300. The minimum atomic E-state index is -0.638. The molecule has 0 aliphatic carbocycles. The van der Waals surface area contributed by atoms with E-state index in [1.54, 1.807) is 20.3 Å². The summed E-state index contributed by atoms with van der Waals surface area (Å²) < 4.78 is 10.7. The number of aromatic amines is 1. The molecule has 1 atom stereocenters. The molecule has 0 radical (unpaired) electrons. The first-order valence-electron chi connectivity index (χ1n) is 8.84. The highest BCUT2D eigenvalue weighted by Crippen LogP contribution is 2.30. The van der Waals surface area contributed by atoms with Crippen LogP contribution in [0.25, 0.3) is 0 Å². The second-order valence-corrected chi connectivity index (χ2v) is 6.44. The summed E-state index contributed by atoms with van der Waals surface area (Å²) in [6, 6.07) is 11.3. The number of rotatable bonds is 7. The Hall–Kier alpha value is -3.42. The van der Waals surface area contributed by atoms with Crippen molar-refractivity contribution in [2.45, 2.75) is 26.2 Å². The second kappa shape index (κ2) is 8.51. The zero-order valence-corrected chi connectivity index (χ0v) is 16.3. The van der Waals surface area contributed by atoms with Gasteiger partial charge in [0.2, 0.25) is 5.91 Å². The Kier molecular flexibility index (Phi) is 5.88. The molecule has 0 spiro atoms. The minimum Gasteiger partial charge on any atom is -0.497 e. The molecule has 2 aromatic carbocycles. The fourth-order valence-electron chi connectivity index (χ4n) is 2.97. The number of carbonyl (C=O) groups excluding carboxylic acids is 1.